The third kappa shape index (κ3) is 2.48. The van der Waals surface area contributed by atoms with Gasteiger partial charge in [-0.1, -0.05) is 15.9 Å². The van der Waals surface area contributed by atoms with Gasteiger partial charge < -0.3 is 10.8 Å². The topological polar surface area (TPSA) is 76.2 Å². The minimum atomic E-state index is -2.85. The number of carboxylic acid groups (broad SMARTS) is 1. The van der Waals surface area contributed by atoms with Crippen molar-refractivity contribution >= 4 is 21.9 Å². The first-order valence-electron chi connectivity index (χ1n) is 3.88. The Morgan fingerprint density at radius 1 is 1.67 bits per heavy atom. The van der Waals surface area contributed by atoms with Gasteiger partial charge in [0.1, 0.15) is 11.4 Å². The third-order valence-electron chi connectivity index (χ3n) is 1.73. The molecule has 0 bridgehead atoms. The summed E-state index contributed by atoms with van der Waals surface area (Å²) in [4.78, 5) is 13.9. The number of halogens is 3. The standard InChI is InChI=1S/C8H7BrF2N2O2/c9-4-1-5(8(14)15)13-6(7(10)11)3(4)2-12/h1,7H,2,12H2,(H,14,15). The van der Waals surface area contributed by atoms with Crippen LogP contribution in [0, 0.1) is 0 Å². The molecule has 0 saturated heterocycles. The zero-order valence-corrected chi connectivity index (χ0v) is 8.96. The molecule has 0 aliphatic carbocycles. The Labute approximate surface area is 92.2 Å². The maximum absolute atomic E-state index is 12.5. The molecule has 0 fully saturated rings. The van der Waals surface area contributed by atoms with Crippen LogP contribution in [0.2, 0.25) is 0 Å². The van der Waals surface area contributed by atoms with Crippen molar-refractivity contribution in [3.63, 3.8) is 0 Å². The van der Waals surface area contributed by atoms with Crippen LogP contribution in [-0.4, -0.2) is 16.1 Å². The lowest BCUT2D eigenvalue weighted by Crippen LogP contribution is -2.10. The predicted molar refractivity (Wildman–Crippen MR) is 51.7 cm³/mol. The first kappa shape index (κ1) is 12.0. The van der Waals surface area contributed by atoms with Gasteiger partial charge in [-0.3, -0.25) is 0 Å². The summed E-state index contributed by atoms with van der Waals surface area (Å²) in [6.45, 7) is -0.132. The number of carboxylic acids is 1. The Morgan fingerprint density at radius 2 is 2.27 bits per heavy atom. The number of alkyl halides is 2. The van der Waals surface area contributed by atoms with Gasteiger partial charge in [-0.15, -0.1) is 0 Å². The Bertz CT molecular complexity index is 398. The van der Waals surface area contributed by atoms with E-state index in [2.05, 4.69) is 20.9 Å². The van der Waals surface area contributed by atoms with Crippen molar-refractivity contribution in [1.82, 2.24) is 4.98 Å². The highest BCUT2D eigenvalue weighted by molar-refractivity contribution is 9.10. The van der Waals surface area contributed by atoms with E-state index in [9.17, 15) is 13.6 Å². The number of nitrogens with two attached hydrogens (primary N) is 1. The molecule has 7 heteroatoms. The molecule has 0 radical (unpaired) electrons. The summed E-state index contributed by atoms with van der Waals surface area (Å²) in [7, 11) is 0. The van der Waals surface area contributed by atoms with E-state index in [0.29, 0.717) is 0 Å². The highest BCUT2D eigenvalue weighted by Crippen LogP contribution is 2.27. The van der Waals surface area contributed by atoms with E-state index >= 15 is 0 Å². The Morgan fingerprint density at radius 3 is 2.67 bits per heavy atom. The van der Waals surface area contributed by atoms with Crippen LogP contribution in [0.4, 0.5) is 8.78 Å². The summed E-state index contributed by atoms with van der Waals surface area (Å²) >= 11 is 2.98. The quantitative estimate of drug-likeness (QED) is 0.887. The smallest absolute Gasteiger partial charge is 0.354 e. The number of carbonyl (C=O) groups is 1. The van der Waals surface area contributed by atoms with Gasteiger partial charge in [-0.25, -0.2) is 18.6 Å². The molecule has 0 aliphatic rings. The van der Waals surface area contributed by atoms with Crippen LogP contribution in [0.3, 0.4) is 0 Å². The van der Waals surface area contributed by atoms with E-state index in [-0.39, 0.29) is 16.6 Å². The molecule has 0 unspecified atom stereocenters. The van der Waals surface area contributed by atoms with Crippen molar-refractivity contribution in [2.45, 2.75) is 13.0 Å². The fraction of sp³-hybridized carbons (Fsp3) is 0.250. The molecule has 0 aliphatic heterocycles. The molecule has 0 atom stereocenters. The van der Waals surface area contributed by atoms with Gasteiger partial charge in [0.25, 0.3) is 6.43 Å². The van der Waals surface area contributed by atoms with Crippen LogP contribution in [-0.2, 0) is 6.54 Å². The Balaban J connectivity index is 3.38. The van der Waals surface area contributed by atoms with E-state index in [1.165, 1.54) is 0 Å². The van der Waals surface area contributed by atoms with E-state index in [1.807, 2.05) is 0 Å². The van der Waals surface area contributed by atoms with Gasteiger partial charge in [0, 0.05) is 16.6 Å². The number of aromatic nitrogens is 1. The van der Waals surface area contributed by atoms with Gasteiger partial charge in [0.05, 0.1) is 0 Å². The van der Waals surface area contributed by atoms with Crippen LogP contribution in [0.1, 0.15) is 28.2 Å². The Kier molecular flexibility index (Phi) is 3.70. The monoisotopic (exact) mass is 280 g/mol. The largest absolute Gasteiger partial charge is 0.477 e. The summed E-state index contributed by atoms with van der Waals surface area (Å²) in [5, 5.41) is 8.62. The van der Waals surface area contributed by atoms with Gasteiger partial charge in [0.15, 0.2) is 0 Å². The molecule has 0 aromatic carbocycles. The van der Waals surface area contributed by atoms with E-state index in [1.54, 1.807) is 0 Å². The van der Waals surface area contributed by atoms with Crippen LogP contribution < -0.4 is 5.73 Å². The zero-order chi connectivity index (χ0) is 11.6. The van der Waals surface area contributed by atoms with Crippen molar-refractivity contribution in [3.05, 3.63) is 27.5 Å². The second-order valence-electron chi connectivity index (χ2n) is 2.66. The van der Waals surface area contributed by atoms with Crippen molar-refractivity contribution in [3.8, 4) is 0 Å². The first-order chi connectivity index (χ1) is 6.97. The third-order valence-corrected chi connectivity index (χ3v) is 2.44. The van der Waals surface area contributed by atoms with Crippen molar-refractivity contribution < 1.29 is 18.7 Å². The average Bonchev–Trinajstić information content (AvgIpc) is 2.16. The molecule has 1 heterocycles. The molecule has 1 aromatic heterocycles. The van der Waals surface area contributed by atoms with Crippen molar-refractivity contribution in [1.29, 1.82) is 0 Å². The lowest BCUT2D eigenvalue weighted by atomic mass is 10.1. The summed E-state index contributed by atoms with van der Waals surface area (Å²) in [6.07, 6.45) is -2.85. The summed E-state index contributed by atoms with van der Waals surface area (Å²) in [5.74, 6) is -1.36. The molecular weight excluding hydrogens is 274 g/mol. The number of nitrogens with zero attached hydrogens (tertiary/aromatic N) is 1. The molecule has 0 spiro atoms. The number of pyridine rings is 1. The van der Waals surface area contributed by atoms with Gasteiger partial charge >= 0.3 is 5.97 Å². The molecule has 4 nitrogen and oxygen atoms in total. The number of aromatic carboxylic acids is 1. The molecule has 0 amide bonds. The maximum Gasteiger partial charge on any atom is 0.354 e. The lowest BCUT2D eigenvalue weighted by molar-refractivity contribution is 0.0688. The second kappa shape index (κ2) is 4.63. The predicted octanol–water partition coefficient (Wildman–Crippen LogP) is 1.94. The zero-order valence-electron chi connectivity index (χ0n) is 7.38. The van der Waals surface area contributed by atoms with Crippen LogP contribution in [0.15, 0.2) is 10.5 Å². The number of hydrogen-bond donors (Lipinski definition) is 2. The van der Waals surface area contributed by atoms with E-state index in [4.69, 9.17) is 10.8 Å². The van der Waals surface area contributed by atoms with E-state index in [0.717, 1.165) is 6.07 Å². The molecule has 1 aromatic rings. The Hall–Kier alpha value is -1.08. The SMILES string of the molecule is NCc1c(Br)cc(C(=O)O)nc1C(F)F. The van der Waals surface area contributed by atoms with Gasteiger partial charge in [-0.05, 0) is 6.07 Å². The summed E-state index contributed by atoms with van der Waals surface area (Å²) in [6, 6.07) is 1.15. The van der Waals surface area contributed by atoms with E-state index < -0.39 is 23.8 Å². The lowest BCUT2D eigenvalue weighted by Gasteiger charge is -2.09. The highest BCUT2D eigenvalue weighted by Gasteiger charge is 2.20. The second-order valence-corrected chi connectivity index (χ2v) is 3.52. The van der Waals surface area contributed by atoms with Crippen LogP contribution >= 0.6 is 15.9 Å². The molecule has 0 saturated carbocycles. The van der Waals surface area contributed by atoms with Crippen LogP contribution in [0.5, 0.6) is 0 Å². The minimum Gasteiger partial charge on any atom is -0.477 e. The average molecular weight is 281 g/mol. The normalized spacial score (nSPS) is 10.7. The molecule has 3 N–H and O–H groups in total. The van der Waals surface area contributed by atoms with Crippen molar-refractivity contribution in [2.75, 3.05) is 0 Å². The van der Waals surface area contributed by atoms with Gasteiger partial charge in [-0.2, -0.15) is 0 Å². The van der Waals surface area contributed by atoms with Crippen molar-refractivity contribution in [2.24, 2.45) is 5.73 Å². The fourth-order valence-corrected chi connectivity index (χ4v) is 1.63. The minimum absolute atomic E-state index is 0.120. The molecule has 82 valence electrons. The maximum atomic E-state index is 12.5. The highest BCUT2D eigenvalue weighted by atomic mass is 79.9. The molecular formula is C8H7BrF2N2O2. The van der Waals surface area contributed by atoms with Gasteiger partial charge in [0.2, 0.25) is 0 Å². The summed E-state index contributed by atoms with van der Waals surface area (Å²) in [5.41, 5.74) is 4.36. The molecule has 1 rings (SSSR count). The molecule has 15 heavy (non-hydrogen) atoms. The first-order valence-corrected chi connectivity index (χ1v) is 4.67. The van der Waals surface area contributed by atoms with Crippen LogP contribution in [0.25, 0.3) is 0 Å². The number of hydrogen-bond acceptors (Lipinski definition) is 3. The fourth-order valence-electron chi connectivity index (χ4n) is 1.05. The number of rotatable bonds is 3. The summed E-state index contributed by atoms with van der Waals surface area (Å²) < 4.78 is 25.2.